The van der Waals surface area contributed by atoms with Gasteiger partial charge in [-0.15, -0.1) is 20.5 Å². The molecule has 10 rings (SSSR count). The van der Waals surface area contributed by atoms with Crippen molar-refractivity contribution in [3.8, 4) is 34.5 Å². The molecule has 0 atom stereocenters. The molecule has 3 aromatic heterocycles. The van der Waals surface area contributed by atoms with Gasteiger partial charge in [0.05, 0.1) is 38.4 Å². The van der Waals surface area contributed by atoms with E-state index in [1.807, 2.05) is 94.5 Å². The number of fused-ring (bicyclic) bond motifs is 12. The molecule has 0 spiro atoms. The minimum Gasteiger partial charge on any atom is -0.496 e. The van der Waals surface area contributed by atoms with Gasteiger partial charge in [0.2, 0.25) is 0 Å². The van der Waals surface area contributed by atoms with Crippen LogP contribution in [0.1, 0.15) is 249 Å². The van der Waals surface area contributed by atoms with Crippen LogP contribution in [0.25, 0.3) is 0 Å². The van der Waals surface area contributed by atoms with Crippen molar-refractivity contribution in [2.45, 2.75) is 222 Å². The van der Waals surface area contributed by atoms with Crippen molar-refractivity contribution in [2.75, 3.05) is 27.9 Å². The molecule has 0 fully saturated rings. The largest absolute Gasteiger partial charge is 2.00 e. The van der Waals surface area contributed by atoms with Gasteiger partial charge in [-0.2, -0.15) is 0 Å². The van der Waals surface area contributed by atoms with Crippen molar-refractivity contribution in [1.29, 1.82) is 0 Å². The summed E-state index contributed by atoms with van der Waals surface area (Å²) in [6, 6.07) is 46.5. The van der Waals surface area contributed by atoms with Crippen molar-refractivity contribution in [1.82, 2.24) is 15.0 Å². The Kier molecular flexibility index (Phi) is 32.9. The van der Waals surface area contributed by atoms with Gasteiger partial charge in [-0.3, -0.25) is 15.0 Å². The van der Waals surface area contributed by atoms with Crippen molar-refractivity contribution >= 4 is 0 Å². The van der Waals surface area contributed by atoms with E-state index >= 15 is 0 Å². The maximum absolute atomic E-state index is 8.49. The molecule has 3 heterocycles. The normalized spacial score (nSPS) is 12.8. The third-order valence-electron chi connectivity index (χ3n) is 18.8. The van der Waals surface area contributed by atoms with Gasteiger partial charge < -0.3 is 39.0 Å². The predicted molar refractivity (Wildman–Crippen MR) is 409 cm³/mol. The summed E-state index contributed by atoms with van der Waals surface area (Å²) in [5.41, 5.74) is 21.1. The first-order chi connectivity index (χ1) is 50.6. The third-order valence-corrected chi connectivity index (χ3v) is 18.8. The Bertz CT molecular complexity index is 3910. The molecule has 1 radical (unpaired) electrons. The second kappa shape index (κ2) is 38.9. The van der Waals surface area contributed by atoms with Gasteiger partial charge >= 0.3 is 17.1 Å². The first-order valence-electron chi connectivity index (χ1n) is 36.6. The van der Waals surface area contributed by atoms with Gasteiger partial charge in [0, 0.05) is 63.7 Å². The Morgan fingerprint density at radius 2 is 0.450 bits per heavy atom. The zero-order chi connectivity index (χ0) is 81.0. The average molecular weight is 1620 g/mol. The number of rotatable bonds is 12. The van der Waals surface area contributed by atoms with Crippen LogP contribution in [0.4, 0.5) is 0 Å². The number of hydrogen-bond acceptors (Lipinski definition) is 18. The van der Waals surface area contributed by atoms with E-state index in [9.17, 15) is 0 Å². The summed E-state index contributed by atoms with van der Waals surface area (Å²) in [6.45, 7) is 44.2. The Morgan fingerprint density at radius 1 is 0.306 bits per heavy atom. The van der Waals surface area contributed by atoms with Gasteiger partial charge in [0.25, 0.3) is 0 Å². The molecule has 19 nitrogen and oxygen atoms in total. The summed E-state index contributed by atoms with van der Waals surface area (Å²) in [4.78, 5) is 14.4. The van der Waals surface area contributed by atoms with Crippen molar-refractivity contribution in [2.24, 2.45) is 0 Å². The van der Waals surface area contributed by atoms with Crippen molar-refractivity contribution < 1.29 is 114 Å². The predicted octanol–water partition coefficient (Wildman–Crippen LogP) is 9.94. The van der Waals surface area contributed by atoms with Gasteiger partial charge in [-0.1, -0.05) is 216 Å². The second-order valence-corrected chi connectivity index (χ2v) is 35.3. The second-order valence-electron chi connectivity index (χ2n) is 33.8. The number of aliphatic hydroxyl groups excluding tert-OH is 1. The average Bonchev–Trinajstić information content (AvgIpc) is 0.768. The molecule has 111 heavy (non-hydrogen) atoms. The maximum Gasteiger partial charge on any atom is 2.00 e. The summed E-state index contributed by atoms with van der Waals surface area (Å²) < 4.78 is 110. The van der Waals surface area contributed by atoms with E-state index in [0.717, 1.165) is 118 Å². The van der Waals surface area contributed by atoms with Crippen LogP contribution in [0.2, 0.25) is 0 Å². The number of nitrogens with zero attached hydrogens (tertiary/aromatic N) is 3. The van der Waals surface area contributed by atoms with Gasteiger partial charge in [0.1, 0.15) is 54.3 Å². The van der Waals surface area contributed by atoms with Crippen LogP contribution in [0.3, 0.4) is 0 Å². The van der Waals surface area contributed by atoms with E-state index in [4.69, 9.17) is 85.8 Å². The minimum atomic E-state index is -4.94. The number of hydrogen-bond donors (Lipinski definition) is 1. The first kappa shape index (κ1) is 93.9. The molecule has 0 saturated heterocycles. The van der Waals surface area contributed by atoms with Crippen LogP contribution in [0.5, 0.6) is 34.5 Å². The fraction of sp³-hybridized carbons (Fsp3) is 0.427. The summed E-state index contributed by atoms with van der Waals surface area (Å²) in [6.07, 6.45) is 8.65. The number of pyridine rings is 3. The Morgan fingerprint density at radius 3 is 0.568 bits per heavy atom. The number of halogens is 2. The zero-order valence-electron chi connectivity index (χ0n) is 68.5. The molecule has 0 unspecified atom stereocenters. The summed E-state index contributed by atoms with van der Waals surface area (Å²) in [7, 11) is -4.41. The number of aliphatic hydroxyl groups is 1. The van der Waals surface area contributed by atoms with Crippen LogP contribution in [0.15, 0.2) is 146 Å². The zero-order valence-corrected chi connectivity index (χ0v) is 70.9. The Labute approximate surface area is 672 Å². The van der Waals surface area contributed by atoms with E-state index in [1.165, 1.54) is 33.4 Å². The van der Waals surface area contributed by atoms with E-state index in [2.05, 4.69) is 197 Å². The Hall–Kier alpha value is -7.73. The van der Waals surface area contributed by atoms with Gasteiger partial charge in [-0.05, 0) is 176 Å². The number of methoxy groups -OCH3 is 3. The minimum absolute atomic E-state index is 0. The number of ether oxygens (including phenoxy) is 6. The number of aromatic nitrogens is 3. The van der Waals surface area contributed by atoms with Crippen molar-refractivity contribution in [3.63, 3.8) is 0 Å². The van der Waals surface area contributed by atoms with Crippen LogP contribution in [-0.2, 0) is 108 Å². The van der Waals surface area contributed by atoms with Crippen molar-refractivity contribution in [3.05, 3.63) is 263 Å². The fourth-order valence-electron chi connectivity index (χ4n) is 13.2. The summed E-state index contributed by atoms with van der Waals surface area (Å²) in [5.74, 6) is 4.99. The van der Waals surface area contributed by atoms with E-state index in [0.29, 0.717) is 38.5 Å². The van der Waals surface area contributed by atoms with E-state index < -0.39 is 20.5 Å². The monoisotopic (exact) mass is 1610 g/mol. The van der Waals surface area contributed by atoms with Crippen LogP contribution < -0.4 is 65.7 Å². The smallest absolute Gasteiger partial charge is 0.496 e. The van der Waals surface area contributed by atoms with E-state index in [-0.39, 0.29) is 81.5 Å². The molecule has 0 amide bonds. The summed E-state index contributed by atoms with van der Waals surface area (Å²) >= 11 is 0. The molecular weight excluding hydrogens is 1500 g/mol. The Balaban J connectivity index is 0.00000136. The van der Waals surface area contributed by atoms with Crippen LogP contribution >= 0.6 is 0 Å². The molecule has 12 bridgehead atoms. The maximum atomic E-state index is 8.49. The molecule has 22 heteroatoms. The number of benzene rings is 6. The first-order valence-corrected chi connectivity index (χ1v) is 39.1. The molecule has 6 aromatic carbocycles. The molecule has 0 aliphatic heterocycles. The molecule has 3 N–H and O–H groups in total. The quantitative estimate of drug-likeness (QED) is 0.111. The molecular formula is C89H113Cl2CuN3O16. The van der Waals surface area contributed by atoms with Crippen LogP contribution in [0, 0.1) is 20.5 Å². The van der Waals surface area contributed by atoms with E-state index in [1.54, 1.807) is 6.92 Å². The molecule has 1 aliphatic rings. The molecule has 9 aromatic rings. The summed E-state index contributed by atoms with van der Waals surface area (Å²) in [5, 5.41) is 7.57. The topological polar surface area (TPSA) is 330 Å². The van der Waals surface area contributed by atoms with Gasteiger partial charge in [0.15, 0.2) is 0 Å². The molecule has 0 saturated carbocycles. The fourth-order valence-corrected chi connectivity index (χ4v) is 13.2. The SMILES string of the molecule is CCO.COc1c2cc(C(C)(C)C)cc1Cc1cc(C(C)(C)C)cc(c1OCc1ccccn1)Cc1cc(C(C)(C)C)cc(c1OC)Cc1cc(C(C)(C)C)cc(c1OCc1ccccn1)Cc1cc(C(C)(C)C)cc(c1OC)Cc1cc(C(C)(C)C)cc(c1OCc1ccccn1)C2.O.[Cu+2].[O-][Cl+3]([O-])([O-])[O-].[O-][Cl+3]([O-])([O-])[O-]. The molecule has 1 aliphatic carbocycles. The van der Waals surface area contributed by atoms with Gasteiger partial charge in [-0.25, -0.2) is 37.3 Å². The standard InChI is InChI=1S/C87H105N3O6.C2H6O.2ClHO4.Cu.H2O/c1-82(2,3)67-40-55-34-61-46-70(85(10,11)12)48-63(79(61)94-52-73-28-22-25-31-88-73)36-57-42-68(83(4,5)6)44-59(77(57)92-20)38-65-50-72(87(16,17)18)51-66(81(65)96-54-75-30-24-27-33-90-75)39-60-45-69(84(7,8)9)43-58(78(60)93-21)37-64-49-71(86(13,14)15)47-62(35-56(41-67)76(55)91-19)80(64)95-53-74-29-23-26-32-89-74;1-2-3;2*2-1(3,4)5;;/h22-33,40-51H,34-39,52-54H2,1-21H3;3H,2H2,1H3;2*(H,2,3,4,5);;1H2/q;;;;+2;/p-2. The molecule has 605 valence electrons. The van der Waals surface area contributed by atoms with Crippen LogP contribution in [-0.4, -0.2) is 53.5 Å². The third kappa shape index (κ3) is 27.5.